The Morgan fingerprint density at radius 3 is 2.26 bits per heavy atom. The van der Waals surface area contributed by atoms with Crippen LogP contribution in [0.2, 0.25) is 0 Å². The molecule has 0 radical (unpaired) electrons. The average molecular weight is 390 g/mol. The molecule has 0 spiro atoms. The maximum atomic E-state index is 13.6. The van der Waals surface area contributed by atoms with Crippen LogP contribution < -0.4 is 9.47 Å². The molecule has 0 saturated carbocycles. The molecule has 2 nitrogen and oxygen atoms in total. The highest BCUT2D eigenvalue weighted by Gasteiger charge is 2.08. The number of ether oxygens (including phenoxy) is 2. The summed E-state index contributed by atoms with van der Waals surface area (Å²) in [4.78, 5) is 0. The van der Waals surface area contributed by atoms with Crippen LogP contribution in [0.4, 0.5) is 4.39 Å². The Balaban J connectivity index is 2.16. The summed E-state index contributed by atoms with van der Waals surface area (Å²) in [5, 5.41) is 0. The molecule has 0 aliphatic heterocycles. The molecule has 0 amide bonds. The van der Waals surface area contributed by atoms with Crippen LogP contribution in [-0.4, -0.2) is 7.11 Å². The highest BCUT2D eigenvalue weighted by atomic mass is 79.9. The quantitative estimate of drug-likeness (QED) is 0.737. The van der Waals surface area contributed by atoms with Crippen molar-refractivity contribution in [3.8, 4) is 11.5 Å². The molecule has 19 heavy (non-hydrogen) atoms. The van der Waals surface area contributed by atoms with Crippen LogP contribution in [0, 0.1) is 5.82 Å². The van der Waals surface area contributed by atoms with Crippen LogP contribution >= 0.6 is 31.9 Å². The Morgan fingerprint density at radius 2 is 1.63 bits per heavy atom. The highest BCUT2D eigenvalue weighted by molar-refractivity contribution is 9.10. The van der Waals surface area contributed by atoms with E-state index in [0.29, 0.717) is 10.2 Å². The van der Waals surface area contributed by atoms with Gasteiger partial charge in [-0.05, 0) is 36.4 Å². The van der Waals surface area contributed by atoms with E-state index in [1.54, 1.807) is 19.2 Å². The fourth-order valence-corrected chi connectivity index (χ4v) is 2.35. The summed E-state index contributed by atoms with van der Waals surface area (Å²) >= 11 is 6.59. The van der Waals surface area contributed by atoms with Crippen molar-refractivity contribution >= 4 is 31.9 Å². The molecule has 0 heterocycles. The summed E-state index contributed by atoms with van der Waals surface area (Å²) in [5.41, 5.74) is 0.846. The van der Waals surface area contributed by atoms with Crippen molar-refractivity contribution in [2.75, 3.05) is 7.11 Å². The number of hydrogen-bond acceptors (Lipinski definition) is 2. The molecule has 0 aliphatic rings. The maximum absolute atomic E-state index is 13.6. The number of methoxy groups -OCH3 is 1. The second-order valence-corrected chi connectivity index (χ2v) is 5.65. The van der Waals surface area contributed by atoms with Crippen molar-refractivity contribution < 1.29 is 13.9 Å². The molecule has 0 saturated heterocycles. The van der Waals surface area contributed by atoms with Gasteiger partial charge in [-0.15, -0.1) is 0 Å². The zero-order valence-corrected chi connectivity index (χ0v) is 13.3. The molecule has 0 aromatic heterocycles. The van der Waals surface area contributed by atoms with Crippen LogP contribution in [0.5, 0.6) is 11.5 Å². The first-order valence-corrected chi connectivity index (χ1v) is 7.09. The van der Waals surface area contributed by atoms with E-state index in [4.69, 9.17) is 9.47 Å². The number of benzene rings is 2. The lowest BCUT2D eigenvalue weighted by Crippen LogP contribution is -2.00. The molecule has 2 rings (SSSR count). The summed E-state index contributed by atoms with van der Waals surface area (Å²) in [6, 6.07) is 10.3. The lowest BCUT2D eigenvalue weighted by atomic mass is 10.2. The van der Waals surface area contributed by atoms with Gasteiger partial charge in [0.2, 0.25) is 0 Å². The van der Waals surface area contributed by atoms with Gasteiger partial charge in [0, 0.05) is 14.5 Å². The van der Waals surface area contributed by atoms with Gasteiger partial charge in [-0.25, -0.2) is 4.39 Å². The van der Waals surface area contributed by atoms with E-state index in [1.165, 1.54) is 6.07 Å². The average Bonchev–Trinajstić information content (AvgIpc) is 2.38. The minimum Gasteiger partial charge on any atom is -0.496 e. The molecular formula is C14H11Br2FO2. The van der Waals surface area contributed by atoms with Gasteiger partial charge in [-0.1, -0.05) is 31.9 Å². The van der Waals surface area contributed by atoms with Crippen LogP contribution in [-0.2, 0) is 6.61 Å². The summed E-state index contributed by atoms with van der Waals surface area (Å²) in [6.07, 6.45) is 0. The SMILES string of the molecule is COc1ccc(Br)cc1COc1ccc(Br)cc1F. The fraction of sp³-hybridized carbons (Fsp3) is 0.143. The van der Waals surface area contributed by atoms with Crippen LogP contribution in [0.1, 0.15) is 5.56 Å². The van der Waals surface area contributed by atoms with Crippen LogP contribution in [0.25, 0.3) is 0 Å². The first-order chi connectivity index (χ1) is 9.10. The van der Waals surface area contributed by atoms with E-state index in [1.807, 2.05) is 18.2 Å². The second kappa shape index (κ2) is 6.39. The molecular weight excluding hydrogens is 379 g/mol. The molecule has 0 fully saturated rings. The van der Waals surface area contributed by atoms with Gasteiger partial charge in [-0.2, -0.15) is 0 Å². The third-order valence-electron chi connectivity index (χ3n) is 2.52. The number of rotatable bonds is 4. The molecule has 0 N–H and O–H groups in total. The third kappa shape index (κ3) is 3.70. The van der Waals surface area contributed by atoms with Crippen LogP contribution in [0.3, 0.4) is 0 Å². The van der Waals surface area contributed by atoms with Gasteiger partial charge >= 0.3 is 0 Å². The first kappa shape index (κ1) is 14.3. The topological polar surface area (TPSA) is 18.5 Å². The fourth-order valence-electron chi connectivity index (χ4n) is 1.61. The Morgan fingerprint density at radius 1 is 1.00 bits per heavy atom. The molecule has 100 valence electrons. The molecule has 0 bridgehead atoms. The van der Waals surface area contributed by atoms with E-state index < -0.39 is 5.82 Å². The van der Waals surface area contributed by atoms with E-state index >= 15 is 0 Å². The van der Waals surface area contributed by atoms with Gasteiger partial charge < -0.3 is 9.47 Å². The number of hydrogen-bond donors (Lipinski definition) is 0. The maximum Gasteiger partial charge on any atom is 0.166 e. The zero-order chi connectivity index (χ0) is 13.8. The van der Waals surface area contributed by atoms with Crippen molar-refractivity contribution in [2.24, 2.45) is 0 Å². The van der Waals surface area contributed by atoms with E-state index in [9.17, 15) is 4.39 Å². The Labute approximate surface area is 127 Å². The van der Waals surface area contributed by atoms with Gasteiger partial charge in [-0.3, -0.25) is 0 Å². The van der Waals surface area contributed by atoms with Crippen molar-refractivity contribution in [1.29, 1.82) is 0 Å². The normalized spacial score (nSPS) is 10.3. The second-order valence-electron chi connectivity index (χ2n) is 3.82. The van der Waals surface area contributed by atoms with E-state index in [-0.39, 0.29) is 12.4 Å². The molecule has 0 unspecified atom stereocenters. The smallest absolute Gasteiger partial charge is 0.166 e. The van der Waals surface area contributed by atoms with E-state index in [0.717, 1.165) is 10.0 Å². The minimum atomic E-state index is -0.400. The van der Waals surface area contributed by atoms with Gasteiger partial charge in [0.05, 0.1) is 7.11 Å². The Bertz CT molecular complexity index is 588. The van der Waals surface area contributed by atoms with Crippen molar-refractivity contribution in [2.45, 2.75) is 6.61 Å². The summed E-state index contributed by atoms with van der Waals surface area (Å²) in [5.74, 6) is 0.522. The van der Waals surface area contributed by atoms with Crippen molar-refractivity contribution in [3.05, 3.63) is 56.7 Å². The van der Waals surface area contributed by atoms with Gasteiger partial charge in [0.1, 0.15) is 12.4 Å². The van der Waals surface area contributed by atoms with Crippen LogP contribution in [0.15, 0.2) is 45.3 Å². The largest absolute Gasteiger partial charge is 0.496 e. The van der Waals surface area contributed by atoms with E-state index in [2.05, 4.69) is 31.9 Å². The van der Waals surface area contributed by atoms with Gasteiger partial charge in [0.15, 0.2) is 11.6 Å². The standard InChI is InChI=1S/C14H11Br2FO2/c1-18-13-4-2-10(15)6-9(13)8-19-14-5-3-11(16)7-12(14)17/h2-7H,8H2,1H3. The molecule has 5 heteroatoms. The summed E-state index contributed by atoms with van der Waals surface area (Å²) < 4.78 is 25.9. The molecule has 0 aliphatic carbocycles. The minimum absolute atomic E-state index is 0.213. The molecule has 0 atom stereocenters. The lowest BCUT2D eigenvalue weighted by molar-refractivity contribution is 0.282. The monoisotopic (exact) mass is 388 g/mol. The Hall–Kier alpha value is -1.07. The highest BCUT2D eigenvalue weighted by Crippen LogP contribution is 2.26. The zero-order valence-electron chi connectivity index (χ0n) is 10.1. The lowest BCUT2D eigenvalue weighted by Gasteiger charge is -2.11. The molecule has 2 aromatic rings. The van der Waals surface area contributed by atoms with Crippen molar-refractivity contribution in [3.63, 3.8) is 0 Å². The molecule has 2 aromatic carbocycles. The third-order valence-corrected chi connectivity index (χ3v) is 3.51. The summed E-state index contributed by atoms with van der Waals surface area (Å²) in [7, 11) is 1.59. The first-order valence-electron chi connectivity index (χ1n) is 5.50. The number of halogens is 3. The van der Waals surface area contributed by atoms with Gasteiger partial charge in [0.25, 0.3) is 0 Å². The predicted molar refractivity (Wildman–Crippen MR) is 79.1 cm³/mol. The summed E-state index contributed by atoms with van der Waals surface area (Å²) in [6.45, 7) is 0.237. The predicted octanol–water partition coefficient (Wildman–Crippen LogP) is 4.94. The van der Waals surface area contributed by atoms with Crippen molar-refractivity contribution in [1.82, 2.24) is 0 Å². The Kier molecular flexibility index (Phi) is 4.82.